The molecule has 4 nitrogen and oxygen atoms in total. The lowest BCUT2D eigenvalue weighted by Crippen LogP contribution is -1.92. The van der Waals surface area contributed by atoms with Gasteiger partial charge in [-0.05, 0) is 48.5 Å². The van der Waals surface area contributed by atoms with Crippen molar-refractivity contribution in [3.8, 4) is 11.5 Å². The summed E-state index contributed by atoms with van der Waals surface area (Å²) in [7, 11) is 3.29. The van der Waals surface area contributed by atoms with E-state index in [0.29, 0.717) is 0 Å². The van der Waals surface area contributed by atoms with E-state index in [-0.39, 0.29) is 0 Å². The number of nitrogens with zero attached hydrogens (tertiary/aromatic N) is 1. The maximum Gasteiger partial charge on any atom is 0.159 e. The van der Waals surface area contributed by atoms with Crippen molar-refractivity contribution in [2.75, 3.05) is 14.2 Å². The third-order valence-corrected chi connectivity index (χ3v) is 4.71. The first-order chi connectivity index (χ1) is 10.2. The molecule has 0 aliphatic heterocycles. The molecule has 0 heterocycles. The van der Waals surface area contributed by atoms with Gasteiger partial charge in [0, 0.05) is 9.79 Å². The van der Waals surface area contributed by atoms with E-state index < -0.39 is 0 Å². The fourth-order valence-electron chi connectivity index (χ4n) is 1.56. The summed E-state index contributed by atoms with van der Waals surface area (Å²) in [5, 5.41) is 3.84. The van der Waals surface area contributed by atoms with Crippen molar-refractivity contribution >= 4 is 27.9 Å². The second-order valence-electron chi connectivity index (χ2n) is 3.95. The molecular weight excluding hydrogens is 304 g/mol. The summed E-state index contributed by atoms with van der Waals surface area (Å²) >= 11 is 3.03. The van der Waals surface area contributed by atoms with Crippen LogP contribution in [0, 0.1) is 0 Å². The Morgan fingerprint density at radius 3 is 1.48 bits per heavy atom. The lowest BCUT2D eigenvalue weighted by Gasteiger charge is -2.06. The highest BCUT2D eigenvalue weighted by Crippen LogP contribution is 2.32. The Morgan fingerprint density at radius 1 is 0.810 bits per heavy atom. The molecule has 2 rings (SSSR count). The van der Waals surface area contributed by atoms with Gasteiger partial charge in [0.1, 0.15) is 11.5 Å². The summed E-state index contributed by atoms with van der Waals surface area (Å²) < 4.78 is 11.0. The highest BCUT2D eigenvalue weighted by molar-refractivity contribution is 8.38. The van der Waals surface area contributed by atoms with Crippen LogP contribution in [0.4, 0.5) is 0 Å². The fourth-order valence-corrected chi connectivity index (χ4v) is 3.36. The topological polar surface area (TPSA) is 56.8 Å². The zero-order valence-corrected chi connectivity index (χ0v) is 13.4. The average Bonchev–Trinajstić information content (AvgIpc) is 2.55. The number of hydrogen-bond acceptors (Lipinski definition) is 6. The normalized spacial score (nSPS) is 10.0. The SMILES string of the molecule is COc1ccc(SC(=NN)Sc2ccc(OC)cc2)cc1. The highest BCUT2D eigenvalue weighted by Gasteiger charge is 2.06. The van der Waals surface area contributed by atoms with Crippen LogP contribution in [-0.2, 0) is 0 Å². The number of nitrogens with two attached hydrogens (primary N) is 1. The maximum atomic E-state index is 5.48. The minimum atomic E-state index is 0.769. The second-order valence-corrected chi connectivity index (χ2v) is 6.33. The minimum Gasteiger partial charge on any atom is -0.497 e. The van der Waals surface area contributed by atoms with Crippen LogP contribution in [0.5, 0.6) is 11.5 Å². The summed E-state index contributed by atoms with van der Waals surface area (Å²) in [6.07, 6.45) is 0. The van der Waals surface area contributed by atoms with Crippen molar-refractivity contribution in [1.82, 2.24) is 0 Å². The maximum absolute atomic E-state index is 5.48. The van der Waals surface area contributed by atoms with Crippen molar-refractivity contribution in [2.24, 2.45) is 10.9 Å². The number of hydrogen-bond donors (Lipinski definition) is 1. The highest BCUT2D eigenvalue weighted by atomic mass is 32.2. The Bertz CT molecular complexity index is 547. The second kappa shape index (κ2) is 7.85. The lowest BCUT2D eigenvalue weighted by molar-refractivity contribution is 0.414. The smallest absolute Gasteiger partial charge is 0.159 e. The molecule has 0 atom stereocenters. The van der Waals surface area contributed by atoms with E-state index in [1.807, 2.05) is 48.5 Å². The van der Waals surface area contributed by atoms with Gasteiger partial charge in [0.15, 0.2) is 4.38 Å². The monoisotopic (exact) mass is 320 g/mol. The molecule has 0 unspecified atom stereocenters. The molecule has 2 aromatic carbocycles. The molecular formula is C15H16N2O2S2. The molecule has 0 aliphatic rings. The Morgan fingerprint density at radius 2 is 1.19 bits per heavy atom. The van der Waals surface area contributed by atoms with Gasteiger partial charge in [-0.1, -0.05) is 23.5 Å². The molecule has 2 aromatic rings. The predicted molar refractivity (Wildman–Crippen MR) is 89.3 cm³/mol. The first-order valence-corrected chi connectivity index (χ1v) is 7.80. The molecule has 0 bridgehead atoms. The standard InChI is InChI=1S/C15H16N2O2S2/c1-18-11-3-7-13(8-4-11)20-15(17-16)21-14-9-5-12(19-2)6-10-14/h3-10H,16H2,1-2H3. The molecule has 110 valence electrons. The van der Waals surface area contributed by atoms with Crippen molar-refractivity contribution in [1.29, 1.82) is 0 Å². The number of rotatable bonds is 4. The number of methoxy groups -OCH3 is 2. The van der Waals surface area contributed by atoms with Gasteiger partial charge in [0.05, 0.1) is 14.2 Å². The molecule has 0 saturated carbocycles. The molecule has 0 aliphatic carbocycles. The van der Waals surface area contributed by atoms with E-state index >= 15 is 0 Å². The third-order valence-electron chi connectivity index (χ3n) is 2.63. The van der Waals surface area contributed by atoms with E-state index in [0.717, 1.165) is 25.7 Å². The Hall–Kier alpha value is -1.79. The summed E-state index contributed by atoms with van der Waals surface area (Å²) in [5.41, 5.74) is 0. The quantitative estimate of drug-likeness (QED) is 0.305. The zero-order valence-electron chi connectivity index (χ0n) is 11.8. The van der Waals surface area contributed by atoms with Gasteiger partial charge in [-0.15, -0.1) is 0 Å². The molecule has 0 saturated heterocycles. The fraction of sp³-hybridized carbons (Fsp3) is 0.133. The van der Waals surface area contributed by atoms with Gasteiger partial charge >= 0.3 is 0 Å². The first kappa shape index (κ1) is 15.6. The molecule has 0 aromatic heterocycles. The summed E-state index contributed by atoms with van der Waals surface area (Å²) in [6, 6.07) is 15.5. The van der Waals surface area contributed by atoms with Gasteiger partial charge in [-0.25, -0.2) is 0 Å². The van der Waals surface area contributed by atoms with Crippen LogP contribution in [0.25, 0.3) is 0 Å². The van der Waals surface area contributed by atoms with Crippen molar-refractivity contribution in [3.63, 3.8) is 0 Å². The van der Waals surface area contributed by atoms with Gasteiger partial charge in [-0.3, -0.25) is 0 Å². The van der Waals surface area contributed by atoms with E-state index in [1.165, 1.54) is 23.5 Å². The Labute approximate surface area is 132 Å². The summed E-state index contributed by atoms with van der Waals surface area (Å²) in [6.45, 7) is 0. The van der Waals surface area contributed by atoms with E-state index in [1.54, 1.807) is 14.2 Å². The number of benzene rings is 2. The number of hydrazone groups is 1. The van der Waals surface area contributed by atoms with Gasteiger partial charge < -0.3 is 15.3 Å². The predicted octanol–water partition coefficient (Wildman–Crippen LogP) is 3.82. The van der Waals surface area contributed by atoms with Crippen LogP contribution in [0.1, 0.15) is 0 Å². The first-order valence-electron chi connectivity index (χ1n) is 6.17. The number of thioether (sulfide) groups is 2. The van der Waals surface area contributed by atoms with Gasteiger partial charge in [0.25, 0.3) is 0 Å². The molecule has 0 fully saturated rings. The molecule has 21 heavy (non-hydrogen) atoms. The number of ether oxygens (including phenoxy) is 2. The van der Waals surface area contributed by atoms with Crippen LogP contribution >= 0.6 is 23.5 Å². The van der Waals surface area contributed by atoms with Gasteiger partial charge in [0.2, 0.25) is 0 Å². The zero-order chi connectivity index (χ0) is 15.1. The van der Waals surface area contributed by atoms with Crippen LogP contribution in [0.2, 0.25) is 0 Å². The van der Waals surface area contributed by atoms with Crippen LogP contribution in [0.15, 0.2) is 63.4 Å². The summed E-state index contributed by atoms with van der Waals surface area (Å²) in [5.74, 6) is 7.13. The third kappa shape index (κ3) is 4.61. The Kier molecular flexibility index (Phi) is 5.83. The van der Waals surface area contributed by atoms with Crippen LogP contribution < -0.4 is 15.3 Å². The van der Waals surface area contributed by atoms with E-state index in [2.05, 4.69) is 5.10 Å². The van der Waals surface area contributed by atoms with E-state index in [4.69, 9.17) is 15.3 Å². The van der Waals surface area contributed by atoms with Crippen molar-refractivity contribution in [2.45, 2.75) is 9.79 Å². The molecule has 2 N–H and O–H groups in total. The largest absolute Gasteiger partial charge is 0.497 e. The summed E-state index contributed by atoms with van der Waals surface area (Å²) in [4.78, 5) is 2.11. The van der Waals surface area contributed by atoms with Gasteiger partial charge in [-0.2, -0.15) is 5.10 Å². The van der Waals surface area contributed by atoms with Crippen LogP contribution in [-0.4, -0.2) is 18.6 Å². The lowest BCUT2D eigenvalue weighted by atomic mass is 10.3. The molecule has 0 amide bonds. The average molecular weight is 320 g/mol. The van der Waals surface area contributed by atoms with Crippen LogP contribution in [0.3, 0.4) is 0 Å². The minimum absolute atomic E-state index is 0.769. The molecule has 0 spiro atoms. The van der Waals surface area contributed by atoms with Crippen molar-refractivity contribution in [3.05, 3.63) is 48.5 Å². The van der Waals surface area contributed by atoms with Crippen molar-refractivity contribution < 1.29 is 9.47 Å². The Balaban J connectivity index is 2.02. The molecule has 6 heteroatoms. The van der Waals surface area contributed by atoms with E-state index in [9.17, 15) is 0 Å². The molecule has 0 radical (unpaired) electrons.